The molecule has 0 radical (unpaired) electrons. The molecule has 2 aromatic heterocycles. The van der Waals surface area contributed by atoms with Crippen molar-refractivity contribution in [2.24, 2.45) is 0 Å². The van der Waals surface area contributed by atoms with Gasteiger partial charge in [-0.05, 0) is 30.2 Å². The second-order valence-electron chi connectivity index (χ2n) is 4.57. The first-order chi connectivity index (χ1) is 9.70. The predicted molar refractivity (Wildman–Crippen MR) is 75.3 cm³/mol. The van der Waals surface area contributed by atoms with Crippen molar-refractivity contribution in [2.75, 3.05) is 23.9 Å². The average molecular weight is 270 g/mol. The zero-order valence-electron chi connectivity index (χ0n) is 11.0. The maximum atomic E-state index is 12.5. The number of anilines is 3. The second-order valence-corrected chi connectivity index (χ2v) is 4.57. The third-order valence-electron chi connectivity index (χ3n) is 3.26. The van der Waals surface area contributed by atoms with E-state index >= 15 is 0 Å². The van der Waals surface area contributed by atoms with E-state index in [0.29, 0.717) is 29.3 Å². The quantitative estimate of drug-likeness (QED) is 0.861. The molecule has 0 saturated carbocycles. The zero-order valence-corrected chi connectivity index (χ0v) is 11.0. The van der Waals surface area contributed by atoms with Crippen LogP contribution in [0.25, 0.3) is 0 Å². The number of fused-ring (bicyclic) bond motifs is 2. The highest BCUT2D eigenvalue weighted by molar-refractivity contribution is 6.12. The van der Waals surface area contributed by atoms with E-state index < -0.39 is 0 Å². The fraction of sp³-hybridized carbons (Fsp3) is 0.214. The van der Waals surface area contributed by atoms with Gasteiger partial charge in [0.2, 0.25) is 0 Å². The molecule has 3 rings (SSSR count). The number of rotatable bonds is 2. The first-order valence-corrected chi connectivity index (χ1v) is 6.30. The van der Waals surface area contributed by atoms with Crippen molar-refractivity contribution < 1.29 is 9.90 Å². The van der Waals surface area contributed by atoms with Crippen LogP contribution in [0.5, 0.6) is 0 Å². The van der Waals surface area contributed by atoms with Crippen LogP contribution in [-0.4, -0.2) is 34.6 Å². The van der Waals surface area contributed by atoms with Gasteiger partial charge in [0.15, 0.2) is 5.82 Å². The van der Waals surface area contributed by atoms with Crippen LogP contribution in [-0.2, 0) is 6.42 Å². The molecule has 0 bridgehead atoms. The van der Waals surface area contributed by atoms with E-state index in [9.17, 15) is 4.79 Å². The Balaban J connectivity index is 2.12. The van der Waals surface area contributed by atoms with E-state index in [0.717, 1.165) is 5.56 Å². The summed E-state index contributed by atoms with van der Waals surface area (Å²) in [5.74, 6) is 0.942. The maximum Gasteiger partial charge on any atom is 0.261 e. The van der Waals surface area contributed by atoms with Crippen LogP contribution in [0.1, 0.15) is 15.9 Å². The maximum absolute atomic E-state index is 12.5. The molecule has 0 unspecified atom stereocenters. The average Bonchev–Trinajstić information content (AvgIpc) is 2.57. The van der Waals surface area contributed by atoms with Gasteiger partial charge < -0.3 is 15.3 Å². The minimum atomic E-state index is -0.147. The van der Waals surface area contributed by atoms with Gasteiger partial charge in [-0.1, -0.05) is 0 Å². The summed E-state index contributed by atoms with van der Waals surface area (Å²) >= 11 is 0. The number of hydrogen-bond acceptors (Lipinski definition) is 5. The number of aliphatic hydroxyl groups excluding tert-OH is 1. The number of hydrogen-bond donors (Lipinski definition) is 2. The molecule has 0 spiro atoms. The van der Waals surface area contributed by atoms with Gasteiger partial charge in [0, 0.05) is 26.0 Å². The Morgan fingerprint density at radius 1 is 1.35 bits per heavy atom. The third-order valence-corrected chi connectivity index (χ3v) is 3.26. The molecule has 0 aliphatic carbocycles. The highest BCUT2D eigenvalue weighted by atomic mass is 16.3. The largest absolute Gasteiger partial charge is 0.396 e. The fourth-order valence-corrected chi connectivity index (χ4v) is 2.20. The molecule has 1 aliphatic heterocycles. The highest BCUT2D eigenvalue weighted by Crippen LogP contribution is 2.32. The number of nitrogens with one attached hydrogen (secondary N) is 1. The Hall–Kier alpha value is -2.47. The van der Waals surface area contributed by atoms with Gasteiger partial charge in [-0.15, -0.1) is 0 Å². The van der Waals surface area contributed by atoms with Crippen molar-refractivity contribution in [1.82, 2.24) is 9.97 Å². The van der Waals surface area contributed by atoms with E-state index in [1.807, 2.05) is 6.07 Å². The lowest BCUT2D eigenvalue weighted by molar-refractivity contribution is 0.0994. The molecular formula is C14H14N4O2. The number of nitrogens with zero attached hydrogens (tertiary/aromatic N) is 3. The van der Waals surface area contributed by atoms with Gasteiger partial charge in [-0.25, -0.2) is 9.97 Å². The van der Waals surface area contributed by atoms with Gasteiger partial charge in [0.25, 0.3) is 5.91 Å². The number of aliphatic hydroxyl groups is 1. The van der Waals surface area contributed by atoms with Gasteiger partial charge in [0.1, 0.15) is 5.82 Å². The highest BCUT2D eigenvalue weighted by Gasteiger charge is 2.25. The zero-order chi connectivity index (χ0) is 14.1. The number of amides is 1. The van der Waals surface area contributed by atoms with Crippen LogP contribution < -0.4 is 10.2 Å². The normalized spacial score (nSPS) is 13.3. The summed E-state index contributed by atoms with van der Waals surface area (Å²) in [6.07, 6.45) is 3.79. The minimum Gasteiger partial charge on any atom is -0.396 e. The lowest BCUT2D eigenvalue weighted by atomic mass is 10.1. The number of pyridine rings is 2. The SMILES string of the molecule is CN1C(=O)c2cc(CCO)cnc2Nc2ncccc21. The van der Waals surface area contributed by atoms with E-state index in [1.54, 1.807) is 36.5 Å². The van der Waals surface area contributed by atoms with Crippen molar-refractivity contribution in [3.8, 4) is 0 Å². The van der Waals surface area contributed by atoms with Crippen LogP contribution in [0.3, 0.4) is 0 Å². The molecule has 1 aliphatic rings. The van der Waals surface area contributed by atoms with Crippen molar-refractivity contribution >= 4 is 23.2 Å². The molecule has 2 aromatic rings. The first-order valence-electron chi connectivity index (χ1n) is 6.30. The molecule has 0 saturated heterocycles. The molecule has 3 heterocycles. The van der Waals surface area contributed by atoms with Crippen molar-refractivity contribution in [1.29, 1.82) is 0 Å². The van der Waals surface area contributed by atoms with Gasteiger partial charge in [-0.2, -0.15) is 0 Å². The summed E-state index contributed by atoms with van der Waals surface area (Å²) in [5.41, 5.74) is 2.02. The molecule has 6 heteroatoms. The Morgan fingerprint density at radius 3 is 3.00 bits per heavy atom. The lowest BCUT2D eigenvalue weighted by Crippen LogP contribution is -2.25. The van der Waals surface area contributed by atoms with Crippen LogP contribution >= 0.6 is 0 Å². The number of carbonyl (C=O) groups excluding carboxylic acids is 1. The van der Waals surface area contributed by atoms with E-state index in [4.69, 9.17) is 5.11 Å². The van der Waals surface area contributed by atoms with Crippen molar-refractivity contribution in [3.63, 3.8) is 0 Å². The van der Waals surface area contributed by atoms with Crippen LogP contribution in [0.2, 0.25) is 0 Å². The molecule has 102 valence electrons. The summed E-state index contributed by atoms with van der Waals surface area (Å²) in [7, 11) is 1.71. The van der Waals surface area contributed by atoms with E-state index in [2.05, 4.69) is 15.3 Å². The number of aromatic nitrogens is 2. The van der Waals surface area contributed by atoms with Crippen LogP contribution in [0.4, 0.5) is 17.3 Å². The summed E-state index contributed by atoms with van der Waals surface area (Å²) in [6.45, 7) is 0.0275. The molecule has 2 N–H and O–H groups in total. The summed E-state index contributed by atoms with van der Waals surface area (Å²) in [5, 5.41) is 12.1. The molecular weight excluding hydrogens is 256 g/mol. The van der Waals surface area contributed by atoms with Crippen LogP contribution in [0, 0.1) is 0 Å². The van der Waals surface area contributed by atoms with E-state index in [1.165, 1.54) is 0 Å². The Kier molecular flexibility index (Phi) is 3.08. The Bertz CT molecular complexity index is 672. The first kappa shape index (κ1) is 12.6. The number of carbonyl (C=O) groups is 1. The smallest absolute Gasteiger partial charge is 0.261 e. The van der Waals surface area contributed by atoms with Crippen LogP contribution in [0.15, 0.2) is 30.6 Å². The van der Waals surface area contributed by atoms with Crippen molar-refractivity contribution in [3.05, 3.63) is 41.7 Å². The molecule has 1 amide bonds. The Labute approximate surface area is 116 Å². The summed E-state index contributed by atoms with van der Waals surface area (Å²) in [4.78, 5) is 22.6. The fourth-order valence-electron chi connectivity index (χ4n) is 2.20. The topological polar surface area (TPSA) is 78.4 Å². The standard InChI is InChI=1S/C14H14N4O2/c1-18-11-3-2-5-15-13(11)17-12-10(14(18)20)7-9(4-6-19)8-16-12/h2-3,5,7-8,19H,4,6H2,1H3,(H,15,16,17). The molecule has 20 heavy (non-hydrogen) atoms. The third kappa shape index (κ3) is 2.00. The summed E-state index contributed by atoms with van der Waals surface area (Å²) < 4.78 is 0. The van der Waals surface area contributed by atoms with E-state index in [-0.39, 0.29) is 12.5 Å². The molecule has 6 nitrogen and oxygen atoms in total. The van der Waals surface area contributed by atoms with Gasteiger partial charge >= 0.3 is 0 Å². The monoisotopic (exact) mass is 270 g/mol. The van der Waals surface area contributed by atoms with Gasteiger partial charge in [0.05, 0.1) is 11.3 Å². The lowest BCUT2D eigenvalue weighted by Gasteiger charge is -2.16. The second kappa shape index (κ2) is 4.90. The molecule has 0 aromatic carbocycles. The molecule has 0 atom stereocenters. The molecule has 0 fully saturated rings. The minimum absolute atomic E-state index is 0.0275. The Morgan fingerprint density at radius 2 is 2.20 bits per heavy atom. The van der Waals surface area contributed by atoms with Crippen molar-refractivity contribution in [2.45, 2.75) is 6.42 Å². The summed E-state index contributed by atoms with van der Waals surface area (Å²) in [6, 6.07) is 5.37. The predicted octanol–water partition coefficient (Wildman–Crippen LogP) is 1.34. The van der Waals surface area contributed by atoms with Gasteiger partial charge in [-0.3, -0.25) is 4.79 Å².